The van der Waals surface area contributed by atoms with E-state index in [1.54, 1.807) is 0 Å². The molecule has 5 heteroatoms. The van der Waals surface area contributed by atoms with Gasteiger partial charge in [0, 0.05) is 32.2 Å². The fourth-order valence-electron chi connectivity index (χ4n) is 2.91. The third-order valence-electron chi connectivity index (χ3n) is 3.61. The van der Waals surface area contributed by atoms with Gasteiger partial charge in [-0.25, -0.2) is 9.97 Å². The SMILES string of the molecule is CN1CC2CN(c3cc(Cl)ncn3)CC2C1. The molecule has 0 bridgehead atoms. The highest BCUT2D eigenvalue weighted by atomic mass is 35.5. The van der Waals surface area contributed by atoms with E-state index in [0.717, 1.165) is 30.7 Å². The predicted octanol–water partition coefficient (Wildman–Crippen LogP) is 1.13. The minimum Gasteiger partial charge on any atom is -0.356 e. The molecule has 86 valence electrons. The molecular weight excluding hydrogens is 224 g/mol. The molecule has 2 aliphatic rings. The van der Waals surface area contributed by atoms with E-state index in [4.69, 9.17) is 11.6 Å². The molecule has 1 aromatic heterocycles. The number of likely N-dealkylation sites (tertiary alicyclic amines) is 1. The Morgan fingerprint density at radius 1 is 1.19 bits per heavy atom. The number of fused-ring (bicyclic) bond motifs is 1. The lowest BCUT2D eigenvalue weighted by atomic mass is 10.0. The van der Waals surface area contributed by atoms with E-state index in [2.05, 4.69) is 26.8 Å². The molecule has 0 N–H and O–H groups in total. The largest absolute Gasteiger partial charge is 0.356 e. The van der Waals surface area contributed by atoms with Crippen molar-refractivity contribution in [2.75, 3.05) is 38.1 Å². The number of anilines is 1. The van der Waals surface area contributed by atoms with Crippen LogP contribution in [-0.4, -0.2) is 48.1 Å². The lowest BCUT2D eigenvalue weighted by molar-refractivity contribution is 0.387. The van der Waals surface area contributed by atoms with Crippen molar-refractivity contribution in [2.45, 2.75) is 0 Å². The zero-order valence-electron chi connectivity index (χ0n) is 9.30. The first kappa shape index (κ1) is 10.3. The molecule has 2 atom stereocenters. The van der Waals surface area contributed by atoms with Crippen LogP contribution >= 0.6 is 11.6 Å². The second kappa shape index (κ2) is 3.86. The van der Waals surface area contributed by atoms with Gasteiger partial charge in [0.05, 0.1) is 0 Å². The standard InChI is InChI=1S/C11H15ClN4/c1-15-3-8-5-16(6-9(8)4-15)11-2-10(12)13-7-14-11/h2,7-9H,3-6H2,1H3. The van der Waals surface area contributed by atoms with E-state index >= 15 is 0 Å². The molecule has 0 saturated carbocycles. The Balaban J connectivity index is 1.75. The van der Waals surface area contributed by atoms with Crippen LogP contribution in [0.4, 0.5) is 5.82 Å². The fraction of sp³-hybridized carbons (Fsp3) is 0.636. The zero-order chi connectivity index (χ0) is 11.1. The monoisotopic (exact) mass is 238 g/mol. The van der Waals surface area contributed by atoms with Crippen LogP contribution in [-0.2, 0) is 0 Å². The molecule has 2 saturated heterocycles. The van der Waals surface area contributed by atoms with Crippen molar-refractivity contribution in [3.8, 4) is 0 Å². The highest BCUT2D eigenvalue weighted by Gasteiger charge is 2.39. The summed E-state index contributed by atoms with van der Waals surface area (Å²) in [6, 6.07) is 1.85. The molecule has 2 unspecified atom stereocenters. The van der Waals surface area contributed by atoms with Crippen LogP contribution < -0.4 is 4.90 Å². The van der Waals surface area contributed by atoms with Crippen molar-refractivity contribution < 1.29 is 0 Å². The lowest BCUT2D eigenvalue weighted by Gasteiger charge is -2.19. The number of rotatable bonds is 1. The minimum absolute atomic E-state index is 0.527. The van der Waals surface area contributed by atoms with Crippen molar-refractivity contribution in [3.63, 3.8) is 0 Å². The zero-order valence-corrected chi connectivity index (χ0v) is 10.1. The van der Waals surface area contributed by atoms with Crippen molar-refractivity contribution in [2.24, 2.45) is 11.8 Å². The van der Waals surface area contributed by atoms with Crippen LogP contribution in [0.2, 0.25) is 5.15 Å². The lowest BCUT2D eigenvalue weighted by Crippen LogP contribution is -2.27. The van der Waals surface area contributed by atoms with Gasteiger partial charge in [-0.2, -0.15) is 0 Å². The normalized spacial score (nSPS) is 29.8. The summed E-state index contributed by atoms with van der Waals surface area (Å²) in [5, 5.41) is 0.527. The Morgan fingerprint density at radius 2 is 1.88 bits per heavy atom. The molecular formula is C11H15ClN4. The van der Waals surface area contributed by atoms with Gasteiger partial charge in [0.25, 0.3) is 0 Å². The van der Waals surface area contributed by atoms with Gasteiger partial charge in [0.2, 0.25) is 0 Å². The molecule has 4 nitrogen and oxygen atoms in total. The summed E-state index contributed by atoms with van der Waals surface area (Å²) in [4.78, 5) is 12.9. The molecule has 16 heavy (non-hydrogen) atoms. The Morgan fingerprint density at radius 3 is 2.50 bits per heavy atom. The molecule has 0 aromatic carbocycles. The van der Waals surface area contributed by atoms with E-state index in [9.17, 15) is 0 Å². The van der Waals surface area contributed by atoms with E-state index in [0.29, 0.717) is 5.15 Å². The number of aromatic nitrogens is 2. The first-order chi connectivity index (χ1) is 7.72. The number of halogens is 1. The maximum Gasteiger partial charge on any atom is 0.134 e. The summed E-state index contributed by atoms with van der Waals surface area (Å²) in [6.07, 6.45) is 1.54. The highest BCUT2D eigenvalue weighted by molar-refractivity contribution is 6.29. The summed E-state index contributed by atoms with van der Waals surface area (Å²) in [7, 11) is 2.20. The first-order valence-electron chi connectivity index (χ1n) is 5.63. The van der Waals surface area contributed by atoms with Crippen molar-refractivity contribution in [1.82, 2.24) is 14.9 Å². The second-order valence-corrected chi connectivity index (χ2v) is 5.23. The molecule has 1 aromatic rings. The Labute approximate surface area is 100 Å². The summed E-state index contributed by atoms with van der Waals surface area (Å²) < 4.78 is 0. The molecule has 0 radical (unpaired) electrons. The van der Waals surface area contributed by atoms with E-state index in [-0.39, 0.29) is 0 Å². The number of hydrogen-bond donors (Lipinski definition) is 0. The quantitative estimate of drug-likeness (QED) is 0.687. The van der Waals surface area contributed by atoms with Gasteiger partial charge in [-0.15, -0.1) is 0 Å². The van der Waals surface area contributed by atoms with Crippen LogP contribution in [0, 0.1) is 11.8 Å². The highest BCUT2D eigenvalue weighted by Crippen LogP contribution is 2.32. The third kappa shape index (κ3) is 1.76. The first-order valence-corrected chi connectivity index (χ1v) is 6.01. The molecule has 0 spiro atoms. The third-order valence-corrected chi connectivity index (χ3v) is 3.82. The average Bonchev–Trinajstić information content (AvgIpc) is 2.74. The molecule has 3 rings (SSSR count). The van der Waals surface area contributed by atoms with Gasteiger partial charge in [-0.05, 0) is 18.9 Å². The van der Waals surface area contributed by atoms with Crippen molar-refractivity contribution in [3.05, 3.63) is 17.5 Å². The van der Waals surface area contributed by atoms with E-state index in [1.165, 1.54) is 19.4 Å². The van der Waals surface area contributed by atoms with E-state index < -0.39 is 0 Å². The van der Waals surface area contributed by atoms with Gasteiger partial charge in [-0.3, -0.25) is 0 Å². The topological polar surface area (TPSA) is 32.3 Å². The predicted molar refractivity (Wildman–Crippen MR) is 63.7 cm³/mol. The van der Waals surface area contributed by atoms with Gasteiger partial charge in [0.15, 0.2) is 0 Å². The van der Waals surface area contributed by atoms with Gasteiger partial charge < -0.3 is 9.80 Å². The van der Waals surface area contributed by atoms with Crippen LogP contribution in [0.15, 0.2) is 12.4 Å². The molecule has 2 aliphatic heterocycles. The van der Waals surface area contributed by atoms with Crippen LogP contribution in [0.5, 0.6) is 0 Å². The smallest absolute Gasteiger partial charge is 0.134 e. The van der Waals surface area contributed by atoms with Gasteiger partial charge in [-0.1, -0.05) is 11.6 Å². The molecule has 0 amide bonds. The van der Waals surface area contributed by atoms with E-state index in [1.807, 2.05) is 6.07 Å². The molecule has 3 heterocycles. The molecule has 2 fully saturated rings. The molecule has 0 aliphatic carbocycles. The Bertz CT molecular complexity index is 383. The maximum absolute atomic E-state index is 5.88. The van der Waals surface area contributed by atoms with Crippen molar-refractivity contribution in [1.29, 1.82) is 0 Å². The van der Waals surface area contributed by atoms with Crippen molar-refractivity contribution >= 4 is 17.4 Å². The van der Waals surface area contributed by atoms with Gasteiger partial charge in [0.1, 0.15) is 17.3 Å². The average molecular weight is 239 g/mol. The Kier molecular flexibility index (Phi) is 2.48. The second-order valence-electron chi connectivity index (χ2n) is 4.85. The van der Waals surface area contributed by atoms with Crippen LogP contribution in [0.1, 0.15) is 0 Å². The maximum atomic E-state index is 5.88. The Hall–Kier alpha value is -0.870. The summed E-state index contributed by atoms with van der Waals surface area (Å²) in [5.74, 6) is 2.55. The minimum atomic E-state index is 0.527. The summed E-state index contributed by atoms with van der Waals surface area (Å²) in [6.45, 7) is 4.62. The summed E-state index contributed by atoms with van der Waals surface area (Å²) in [5.41, 5.74) is 0. The summed E-state index contributed by atoms with van der Waals surface area (Å²) >= 11 is 5.88. The van der Waals surface area contributed by atoms with Crippen LogP contribution in [0.3, 0.4) is 0 Å². The number of hydrogen-bond acceptors (Lipinski definition) is 4. The van der Waals surface area contributed by atoms with Gasteiger partial charge >= 0.3 is 0 Å². The number of nitrogens with zero attached hydrogens (tertiary/aromatic N) is 4. The fourth-order valence-corrected chi connectivity index (χ4v) is 3.05. The van der Waals surface area contributed by atoms with Crippen LogP contribution in [0.25, 0.3) is 0 Å².